The molecule has 0 saturated carbocycles. The van der Waals surface area contributed by atoms with Gasteiger partial charge in [-0.25, -0.2) is 0 Å². The highest BCUT2D eigenvalue weighted by molar-refractivity contribution is 5.82. The average molecular weight is 465 g/mol. The third kappa shape index (κ3) is 3.50. The molecule has 0 N–H and O–H groups in total. The molecule has 0 amide bonds. The van der Waals surface area contributed by atoms with Crippen LogP contribution in [0, 0.1) is 11.3 Å². The molecule has 0 radical (unpaired) electrons. The van der Waals surface area contributed by atoms with Crippen molar-refractivity contribution in [1.29, 1.82) is 5.26 Å². The Labute approximate surface area is 210 Å². The van der Waals surface area contributed by atoms with Crippen LogP contribution in [0.2, 0.25) is 0 Å². The molecule has 4 heteroatoms. The molecule has 4 aromatic carbocycles. The number of para-hydroxylation sites is 1. The second kappa shape index (κ2) is 9.05. The van der Waals surface area contributed by atoms with Crippen molar-refractivity contribution in [3.8, 4) is 6.07 Å². The Bertz CT molecular complexity index is 1560. The molecule has 36 heavy (non-hydrogen) atoms. The van der Waals surface area contributed by atoms with E-state index < -0.39 is 5.54 Å². The summed E-state index contributed by atoms with van der Waals surface area (Å²) in [7, 11) is 0. The van der Waals surface area contributed by atoms with E-state index >= 15 is 0 Å². The minimum absolute atomic E-state index is 0.560. The maximum Gasteiger partial charge on any atom is 0.138 e. The van der Waals surface area contributed by atoms with Crippen LogP contribution in [-0.2, 0) is 12.1 Å². The first-order valence-corrected chi connectivity index (χ1v) is 12.0. The van der Waals surface area contributed by atoms with Gasteiger partial charge in [0.2, 0.25) is 0 Å². The molecule has 0 aliphatic heterocycles. The molecule has 0 spiro atoms. The maximum absolute atomic E-state index is 9.79. The lowest BCUT2D eigenvalue weighted by molar-refractivity contribution is 0.459. The molecule has 0 saturated heterocycles. The Morgan fingerprint density at radius 2 is 1.22 bits per heavy atom. The van der Waals surface area contributed by atoms with Crippen LogP contribution >= 0.6 is 0 Å². The molecule has 0 unspecified atom stereocenters. The number of benzene rings is 4. The molecule has 6 aromatic rings. The Balaban J connectivity index is 1.55. The third-order valence-electron chi connectivity index (χ3n) is 6.82. The SMILES string of the molecule is N#Cc1cc2ccccc2n1Cc1cnn(C(c2ccccc2)(c2ccccc2)c2ccccc2)c1. The van der Waals surface area contributed by atoms with E-state index in [1.807, 2.05) is 48.7 Å². The number of aromatic nitrogens is 3. The summed E-state index contributed by atoms with van der Waals surface area (Å²) in [6, 6.07) is 44.0. The van der Waals surface area contributed by atoms with Gasteiger partial charge in [-0.2, -0.15) is 10.4 Å². The van der Waals surface area contributed by atoms with Gasteiger partial charge in [0.05, 0.1) is 12.7 Å². The molecular weight excluding hydrogens is 440 g/mol. The second-order valence-electron chi connectivity index (χ2n) is 8.89. The van der Waals surface area contributed by atoms with Crippen LogP contribution in [0.3, 0.4) is 0 Å². The standard InChI is InChI=1S/C32H24N4/c33-21-30-20-26-12-10-11-19-31(26)35(30)23-25-22-34-36(24-25)32(27-13-4-1-5-14-27,28-15-6-2-7-16-28)29-17-8-3-9-18-29/h1-20,22,24H,23H2. The molecule has 0 fully saturated rings. The van der Waals surface area contributed by atoms with Gasteiger partial charge in [0.1, 0.15) is 17.3 Å². The number of hydrogen-bond donors (Lipinski definition) is 0. The van der Waals surface area contributed by atoms with Gasteiger partial charge in [0.15, 0.2) is 0 Å². The fourth-order valence-electron chi connectivity index (χ4n) is 5.22. The van der Waals surface area contributed by atoms with Gasteiger partial charge in [0, 0.05) is 22.7 Å². The van der Waals surface area contributed by atoms with Crippen molar-refractivity contribution in [3.63, 3.8) is 0 Å². The van der Waals surface area contributed by atoms with Gasteiger partial charge in [-0.3, -0.25) is 4.68 Å². The van der Waals surface area contributed by atoms with Crippen LogP contribution in [0.15, 0.2) is 134 Å². The summed E-state index contributed by atoms with van der Waals surface area (Å²) in [5, 5.41) is 15.8. The summed E-state index contributed by atoms with van der Waals surface area (Å²) < 4.78 is 4.13. The molecule has 0 aliphatic carbocycles. The molecule has 0 bridgehead atoms. The normalized spacial score (nSPS) is 11.4. The predicted octanol–water partition coefficient (Wildman–Crippen LogP) is 6.60. The van der Waals surface area contributed by atoms with Crippen LogP contribution in [0.4, 0.5) is 0 Å². The number of fused-ring (bicyclic) bond motifs is 1. The first kappa shape index (κ1) is 21.6. The number of hydrogen-bond acceptors (Lipinski definition) is 2. The zero-order valence-corrected chi connectivity index (χ0v) is 19.7. The summed E-state index contributed by atoms with van der Waals surface area (Å²) >= 11 is 0. The van der Waals surface area contributed by atoms with Crippen LogP contribution in [0.25, 0.3) is 10.9 Å². The van der Waals surface area contributed by atoms with Crippen LogP contribution in [0.5, 0.6) is 0 Å². The van der Waals surface area contributed by atoms with Crippen molar-refractivity contribution in [3.05, 3.63) is 162 Å². The molecule has 2 aromatic heterocycles. The summed E-state index contributed by atoms with van der Waals surface area (Å²) in [4.78, 5) is 0. The van der Waals surface area contributed by atoms with Crippen molar-refractivity contribution < 1.29 is 0 Å². The molecular formula is C32H24N4. The summed E-state index contributed by atoms with van der Waals surface area (Å²) in [6.07, 6.45) is 4.03. The van der Waals surface area contributed by atoms with Crippen molar-refractivity contribution >= 4 is 10.9 Å². The Morgan fingerprint density at radius 3 is 1.78 bits per heavy atom. The smallest absolute Gasteiger partial charge is 0.138 e. The van der Waals surface area contributed by atoms with Gasteiger partial charge in [-0.15, -0.1) is 0 Å². The number of rotatable bonds is 6. The van der Waals surface area contributed by atoms with E-state index in [2.05, 4.69) is 100 Å². The van der Waals surface area contributed by atoms with E-state index in [1.165, 1.54) is 0 Å². The van der Waals surface area contributed by atoms with Gasteiger partial charge < -0.3 is 4.57 Å². The highest BCUT2D eigenvalue weighted by atomic mass is 15.3. The Morgan fingerprint density at radius 1 is 0.694 bits per heavy atom. The highest BCUT2D eigenvalue weighted by Crippen LogP contribution is 2.40. The first-order chi connectivity index (χ1) is 17.8. The summed E-state index contributed by atoms with van der Waals surface area (Å²) in [6.45, 7) is 0.560. The van der Waals surface area contributed by atoms with Gasteiger partial charge in [0.25, 0.3) is 0 Å². The lowest BCUT2D eigenvalue weighted by Crippen LogP contribution is -2.38. The number of nitrogens with zero attached hydrogens (tertiary/aromatic N) is 4. The van der Waals surface area contributed by atoms with E-state index in [-0.39, 0.29) is 0 Å². The molecule has 6 rings (SSSR count). The third-order valence-corrected chi connectivity index (χ3v) is 6.82. The predicted molar refractivity (Wildman–Crippen MR) is 143 cm³/mol. The monoisotopic (exact) mass is 464 g/mol. The first-order valence-electron chi connectivity index (χ1n) is 12.0. The zero-order valence-electron chi connectivity index (χ0n) is 19.7. The second-order valence-corrected chi connectivity index (χ2v) is 8.89. The molecule has 172 valence electrons. The van der Waals surface area contributed by atoms with Crippen LogP contribution in [0.1, 0.15) is 27.9 Å². The van der Waals surface area contributed by atoms with Crippen molar-refractivity contribution in [2.75, 3.05) is 0 Å². The lowest BCUT2D eigenvalue weighted by atomic mass is 9.77. The van der Waals surface area contributed by atoms with E-state index in [4.69, 9.17) is 5.10 Å². The Hall–Kier alpha value is -4.88. The molecule has 2 heterocycles. The van der Waals surface area contributed by atoms with E-state index in [0.29, 0.717) is 12.2 Å². The fraction of sp³-hybridized carbons (Fsp3) is 0.0625. The number of nitriles is 1. The molecule has 4 nitrogen and oxygen atoms in total. The quantitative estimate of drug-likeness (QED) is 0.261. The van der Waals surface area contributed by atoms with Crippen molar-refractivity contribution in [1.82, 2.24) is 14.3 Å². The fourth-order valence-corrected chi connectivity index (χ4v) is 5.22. The topological polar surface area (TPSA) is 46.5 Å². The Kier molecular flexibility index (Phi) is 5.44. The molecule has 0 atom stereocenters. The van der Waals surface area contributed by atoms with Gasteiger partial charge in [-0.05, 0) is 28.8 Å². The highest BCUT2D eigenvalue weighted by Gasteiger charge is 2.39. The minimum atomic E-state index is -0.654. The van der Waals surface area contributed by atoms with E-state index in [0.717, 1.165) is 33.2 Å². The van der Waals surface area contributed by atoms with Gasteiger partial charge >= 0.3 is 0 Å². The molecule has 0 aliphatic rings. The summed E-state index contributed by atoms with van der Waals surface area (Å²) in [5.41, 5.74) is 5.44. The maximum atomic E-state index is 9.79. The lowest BCUT2D eigenvalue weighted by Gasteiger charge is -2.36. The van der Waals surface area contributed by atoms with E-state index in [9.17, 15) is 5.26 Å². The van der Waals surface area contributed by atoms with E-state index in [1.54, 1.807) is 0 Å². The summed E-state index contributed by atoms with van der Waals surface area (Å²) in [5.74, 6) is 0. The van der Waals surface area contributed by atoms with Crippen LogP contribution < -0.4 is 0 Å². The minimum Gasteiger partial charge on any atom is -0.328 e. The van der Waals surface area contributed by atoms with Crippen molar-refractivity contribution in [2.45, 2.75) is 12.1 Å². The largest absolute Gasteiger partial charge is 0.328 e. The van der Waals surface area contributed by atoms with Crippen LogP contribution in [-0.4, -0.2) is 14.3 Å². The van der Waals surface area contributed by atoms with Crippen molar-refractivity contribution in [2.24, 2.45) is 0 Å². The average Bonchev–Trinajstić information content (AvgIpc) is 3.56. The zero-order chi connectivity index (χ0) is 24.4. The van der Waals surface area contributed by atoms with Gasteiger partial charge in [-0.1, -0.05) is 109 Å².